The Morgan fingerprint density at radius 2 is 1.93 bits per heavy atom. The van der Waals surface area contributed by atoms with Crippen LogP contribution >= 0.6 is 11.3 Å². The van der Waals surface area contributed by atoms with Crippen molar-refractivity contribution in [1.29, 1.82) is 0 Å². The van der Waals surface area contributed by atoms with Crippen LogP contribution in [0.25, 0.3) is 0 Å². The van der Waals surface area contributed by atoms with Crippen molar-refractivity contribution < 1.29 is 14.3 Å². The molecule has 0 aliphatic rings. The number of ether oxygens (including phenoxy) is 2. The molecule has 0 saturated carbocycles. The molecule has 0 aliphatic heterocycles. The maximum atomic E-state index is 12.2. The number of amides is 1. The zero-order valence-corrected chi connectivity index (χ0v) is 17.5. The Morgan fingerprint density at radius 3 is 2.56 bits per heavy atom. The molecule has 0 aliphatic carbocycles. The molecule has 1 aromatic carbocycles. The SMILES string of the molecule is COc1ccc(C(CNC(=O)CCCCc2cccs2)N(C)C)cc1OC. The number of nitrogens with one attached hydrogen (secondary N) is 1. The second-order valence-electron chi connectivity index (χ2n) is 6.68. The van der Waals surface area contributed by atoms with E-state index in [9.17, 15) is 4.79 Å². The van der Waals surface area contributed by atoms with Crippen molar-refractivity contribution >= 4 is 17.2 Å². The van der Waals surface area contributed by atoms with Gasteiger partial charge in [0.2, 0.25) is 5.91 Å². The third kappa shape index (κ3) is 6.56. The summed E-state index contributed by atoms with van der Waals surface area (Å²) in [5.41, 5.74) is 1.08. The maximum Gasteiger partial charge on any atom is 0.220 e. The number of hydrogen-bond donors (Lipinski definition) is 1. The van der Waals surface area contributed by atoms with Crippen LogP contribution in [0.15, 0.2) is 35.7 Å². The van der Waals surface area contributed by atoms with Gasteiger partial charge in [-0.3, -0.25) is 4.79 Å². The van der Waals surface area contributed by atoms with Gasteiger partial charge >= 0.3 is 0 Å². The molecule has 0 saturated heterocycles. The highest BCUT2D eigenvalue weighted by Gasteiger charge is 2.17. The summed E-state index contributed by atoms with van der Waals surface area (Å²) in [7, 11) is 7.27. The van der Waals surface area contributed by atoms with E-state index >= 15 is 0 Å². The molecule has 2 rings (SSSR count). The lowest BCUT2D eigenvalue weighted by molar-refractivity contribution is -0.121. The molecule has 27 heavy (non-hydrogen) atoms. The van der Waals surface area contributed by atoms with Crippen molar-refractivity contribution in [1.82, 2.24) is 10.2 Å². The first kappa shape index (κ1) is 21.3. The Bertz CT molecular complexity index is 701. The van der Waals surface area contributed by atoms with Crippen LogP contribution in [-0.2, 0) is 11.2 Å². The molecule has 148 valence electrons. The van der Waals surface area contributed by atoms with E-state index in [-0.39, 0.29) is 11.9 Å². The van der Waals surface area contributed by atoms with E-state index < -0.39 is 0 Å². The van der Waals surface area contributed by atoms with E-state index in [4.69, 9.17) is 9.47 Å². The van der Waals surface area contributed by atoms with Crippen LogP contribution in [0, 0.1) is 0 Å². The Kier molecular flexibility index (Phi) is 8.61. The summed E-state index contributed by atoms with van der Waals surface area (Å²) in [6.45, 7) is 0.562. The Balaban J connectivity index is 1.84. The number of likely N-dealkylation sites (N-methyl/N-ethyl adjacent to an activating group) is 1. The molecule has 1 unspecified atom stereocenters. The van der Waals surface area contributed by atoms with Gasteiger partial charge in [-0.05, 0) is 62.5 Å². The van der Waals surface area contributed by atoms with E-state index in [1.165, 1.54) is 4.88 Å². The molecule has 0 spiro atoms. The highest BCUT2D eigenvalue weighted by atomic mass is 32.1. The van der Waals surface area contributed by atoms with Gasteiger partial charge in [0.15, 0.2) is 11.5 Å². The average molecular weight is 391 g/mol. The number of methoxy groups -OCH3 is 2. The highest BCUT2D eigenvalue weighted by molar-refractivity contribution is 7.09. The summed E-state index contributed by atoms with van der Waals surface area (Å²) in [6, 6.07) is 10.2. The van der Waals surface area contributed by atoms with Gasteiger partial charge < -0.3 is 19.7 Å². The van der Waals surface area contributed by atoms with Crippen molar-refractivity contribution in [3.05, 3.63) is 46.2 Å². The van der Waals surface area contributed by atoms with Crippen LogP contribution in [0.4, 0.5) is 0 Å². The lowest BCUT2D eigenvalue weighted by Gasteiger charge is -2.26. The first-order valence-corrected chi connectivity index (χ1v) is 10.1. The summed E-state index contributed by atoms with van der Waals surface area (Å²) < 4.78 is 10.7. The number of unbranched alkanes of at least 4 members (excludes halogenated alkanes) is 1. The second kappa shape index (κ2) is 10.9. The smallest absolute Gasteiger partial charge is 0.220 e. The van der Waals surface area contributed by atoms with E-state index in [1.54, 1.807) is 25.6 Å². The van der Waals surface area contributed by atoms with Crippen LogP contribution in [0.3, 0.4) is 0 Å². The van der Waals surface area contributed by atoms with Gasteiger partial charge in [0.1, 0.15) is 0 Å². The van der Waals surface area contributed by atoms with Gasteiger partial charge in [0.05, 0.1) is 20.3 Å². The zero-order chi connectivity index (χ0) is 19.6. The van der Waals surface area contributed by atoms with Crippen LogP contribution < -0.4 is 14.8 Å². The quantitative estimate of drug-likeness (QED) is 0.591. The number of thiophene rings is 1. The summed E-state index contributed by atoms with van der Waals surface area (Å²) in [5.74, 6) is 1.50. The first-order chi connectivity index (χ1) is 13.0. The molecule has 1 heterocycles. The summed E-state index contributed by atoms with van der Waals surface area (Å²) in [4.78, 5) is 15.7. The van der Waals surface area contributed by atoms with E-state index in [2.05, 4.69) is 27.7 Å². The molecule has 1 atom stereocenters. The number of carbonyl (C=O) groups excluding carboxylic acids is 1. The number of rotatable bonds is 11. The summed E-state index contributed by atoms with van der Waals surface area (Å²) in [5, 5.41) is 5.17. The zero-order valence-electron chi connectivity index (χ0n) is 16.7. The summed E-state index contributed by atoms with van der Waals surface area (Å²) >= 11 is 1.78. The number of aryl methyl sites for hydroxylation is 1. The van der Waals surface area contributed by atoms with Crippen molar-refractivity contribution in [2.45, 2.75) is 31.7 Å². The van der Waals surface area contributed by atoms with Crippen molar-refractivity contribution in [2.75, 3.05) is 34.9 Å². The molecule has 2 aromatic rings. The van der Waals surface area contributed by atoms with E-state index in [0.29, 0.717) is 24.5 Å². The number of hydrogen-bond acceptors (Lipinski definition) is 5. The molecule has 1 N–H and O–H groups in total. The third-order valence-corrected chi connectivity index (χ3v) is 5.50. The van der Waals surface area contributed by atoms with E-state index in [1.807, 2.05) is 32.3 Å². The Labute approximate surface area is 166 Å². The van der Waals surface area contributed by atoms with Gasteiger partial charge in [-0.15, -0.1) is 11.3 Å². The van der Waals surface area contributed by atoms with Crippen molar-refractivity contribution in [2.24, 2.45) is 0 Å². The lowest BCUT2D eigenvalue weighted by Crippen LogP contribution is -2.34. The Morgan fingerprint density at radius 1 is 1.15 bits per heavy atom. The number of carbonyl (C=O) groups is 1. The van der Waals surface area contributed by atoms with Gasteiger partial charge in [-0.25, -0.2) is 0 Å². The van der Waals surface area contributed by atoms with Gasteiger partial charge in [-0.2, -0.15) is 0 Å². The highest BCUT2D eigenvalue weighted by Crippen LogP contribution is 2.31. The van der Waals surface area contributed by atoms with Crippen molar-refractivity contribution in [3.63, 3.8) is 0 Å². The molecular formula is C21H30N2O3S. The molecule has 1 amide bonds. The monoisotopic (exact) mass is 390 g/mol. The fourth-order valence-corrected chi connectivity index (χ4v) is 3.75. The van der Waals surface area contributed by atoms with E-state index in [0.717, 1.165) is 24.8 Å². The summed E-state index contributed by atoms with van der Waals surface area (Å²) in [6.07, 6.45) is 3.57. The van der Waals surface area contributed by atoms with Gasteiger partial charge in [-0.1, -0.05) is 12.1 Å². The topological polar surface area (TPSA) is 50.8 Å². The fourth-order valence-electron chi connectivity index (χ4n) is 3.00. The second-order valence-corrected chi connectivity index (χ2v) is 7.72. The van der Waals surface area contributed by atoms with Crippen LogP contribution in [0.1, 0.15) is 35.7 Å². The van der Waals surface area contributed by atoms with Gasteiger partial charge in [0.25, 0.3) is 0 Å². The Hall–Kier alpha value is -2.05. The van der Waals surface area contributed by atoms with Gasteiger partial charge in [0, 0.05) is 17.8 Å². The van der Waals surface area contributed by atoms with Crippen LogP contribution in [0.5, 0.6) is 11.5 Å². The molecular weight excluding hydrogens is 360 g/mol. The number of benzene rings is 1. The normalized spacial score (nSPS) is 12.0. The molecule has 1 aromatic heterocycles. The minimum absolute atomic E-state index is 0.0693. The van der Waals surface area contributed by atoms with Crippen LogP contribution in [0.2, 0.25) is 0 Å². The van der Waals surface area contributed by atoms with Crippen molar-refractivity contribution in [3.8, 4) is 11.5 Å². The molecule has 5 nitrogen and oxygen atoms in total. The number of nitrogens with zero attached hydrogens (tertiary/aromatic N) is 1. The lowest BCUT2D eigenvalue weighted by atomic mass is 10.0. The standard InChI is InChI=1S/C21H30N2O3S/c1-23(2)18(16-11-12-19(25-3)20(14-16)26-4)15-22-21(24)10-6-5-8-17-9-7-13-27-17/h7,9,11-14,18H,5-6,8,10,15H2,1-4H3,(H,22,24). The molecule has 0 fully saturated rings. The predicted molar refractivity (Wildman–Crippen MR) is 111 cm³/mol. The van der Waals surface area contributed by atoms with Crippen LogP contribution in [-0.4, -0.2) is 45.7 Å². The molecule has 0 radical (unpaired) electrons. The average Bonchev–Trinajstić information content (AvgIpc) is 3.18. The molecule has 6 heteroatoms. The largest absolute Gasteiger partial charge is 0.493 e. The predicted octanol–water partition coefficient (Wildman–Crippen LogP) is 3.90. The third-order valence-electron chi connectivity index (χ3n) is 4.57. The minimum Gasteiger partial charge on any atom is -0.493 e. The molecule has 0 bridgehead atoms. The first-order valence-electron chi connectivity index (χ1n) is 9.22. The minimum atomic E-state index is 0.0693. The fraction of sp³-hybridized carbons (Fsp3) is 0.476. The maximum absolute atomic E-state index is 12.2.